The summed E-state index contributed by atoms with van der Waals surface area (Å²) in [6.07, 6.45) is 5.03. The first kappa shape index (κ1) is 14.7. The van der Waals surface area contributed by atoms with E-state index in [-0.39, 0.29) is 19.0 Å². The smallest absolute Gasteiger partial charge is 0.304 e. The van der Waals surface area contributed by atoms with E-state index >= 15 is 0 Å². The number of nitrogens with zero attached hydrogens (tertiary/aromatic N) is 2. The van der Waals surface area contributed by atoms with Crippen LogP contribution in [0.15, 0.2) is 0 Å². The van der Waals surface area contributed by atoms with E-state index < -0.39 is 16.2 Å². The molecule has 1 saturated carbocycles. The summed E-state index contributed by atoms with van der Waals surface area (Å²) in [4.78, 5) is 10.6. The van der Waals surface area contributed by atoms with Crippen molar-refractivity contribution in [3.05, 3.63) is 0 Å². The van der Waals surface area contributed by atoms with Crippen LogP contribution in [0.4, 0.5) is 0 Å². The van der Waals surface area contributed by atoms with Gasteiger partial charge in [0.25, 0.3) is 10.2 Å². The highest BCUT2D eigenvalue weighted by Crippen LogP contribution is 2.38. The highest BCUT2D eigenvalue weighted by Gasteiger charge is 2.42. The van der Waals surface area contributed by atoms with E-state index in [0.717, 1.165) is 32.1 Å². The molecule has 1 heterocycles. The van der Waals surface area contributed by atoms with Crippen LogP contribution in [-0.2, 0) is 15.0 Å². The Bertz CT molecular complexity index is 437. The highest BCUT2D eigenvalue weighted by molar-refractivity contribution is 7.86. The van der Waals surface area contributed by atoms with E-state index in [1.54, 1.807) is 4.31 Å². The number of piperidine rings is 1. The van der Waals surface area contributed by atoms with Gasteiger partial charge >= 0.3 is 5.97 Å². The molecule has 1 aliphatic heterocycles. The fourth-order valence-corrected chi connectivity index (χ4v) is 4.90. The molecule has 1 saturated heterocycles. The van der Waals surface area contributed by atoms with Gasteiger partial charge in [-0.2, -0.15) is 17.0 Å². The zero-order valence-corrected chi connectivity index (χ0v) is 12.1. The number of rotatable bonds is 5. The zero-order chi connectivity index (χ0) is 14.0. The minimum atomic E-state index is -3.51. The molecule has 2 rings (SSSR count). The second kappa shape index (κ2) is 5.76. The van der Waals surface area contributed by atoms with Crippen LogP contribution in [0, 0.1) is 5.92 Å². The number of carboxylic acids is 1. The average molecular weight is 290 g/mol. The first-order valence-corrected chi connectivity index (χ1v) is 8.27. The summed E-state index contributed by atoms with van der Waals surface area (Å²) in [5.74, 6) is -0.476. The third-order valence-electron chi connectivity index (χ3n) is 4.27. The fraction of sp³-hybridized carbons (Fsp3) is 0.917. The maximum atomic E-state index is 12.5. The number of fused-ring (bicyclic) bond motifs is 1. The third kappa shape index (κ3) is 3.09. The van der Waals surface area contributed by atoms with Crippen LogP contribution in [0.1, 0.15) is 38.5 Å². The van der Waals surface area contributed by atoms with Crippen molar-refractivity contribution < 1.29 is 18.3 Å². The zero-order valence-electron chi connectivity index (χ0n) is 11.3. The molecule has 2 atom stereocenters. The number of carbonyl (C=O) groups is 1. The third-order valence-corrected chi connectivity index (χ3v) is 6.29. The molecule has 7 heteroatoms. The molecule has 2 fully saturated rings. The van der Waals surface area contributed by atoms with Crippen molar-refractivity contribution in [2.75, 3.05) is 20.1 Å². The fourth-order valence-electron chi connectivity index (χ4n) is 3.24. The molecule has 0 bridgehead atoms. The van der Waals surface area contributed by atoms with Crippen molar-refractivity contribution in [1.29, 1.82) is 0 Å². The van der Waals surface area contributed by atoms with E-state index in [1.165, 1.54) is 11.4 Å². The second-order valence-electron chi connectivity index (χ2n) is 5.48. The number of hydrogen-bond acceptors (Lipinski definition) is 3. The van der Waals surface area contributed by atoms with Crippen molar-refractivity contribution in [3.63, 3.8) is 0 Å². The number of aliphatic carboxylic acids is 1. The van der Waals surface area contributed by atoms with Crippen LogP contribution in [0.3, 0.4) is 0 Å². The Hall–Kier alpha value is -0.660. The van der Waals surface area contributed by atoms with Gasteiger partial charge in [-0.1, -0.05) is 6.42 Å². The van der Waals surface area contributed by atoms with Crippen LogP contribution in [-0.4, -0.2) is 54.3 Å². The van der Waals surface area contributed by atoms with Gasteiger partial charge < -0.3 is 5.11 Å². The standard InChI is InChI=1S/C12H22N2O4S/c1-13(9-7-12(15)16)19(17,18)14-8-3-5-10-4-2-6-11(10)14/h10-11H,2-9H2,1H3,(H,15,16). The maximum Gasteiger partial charge on any atom is 0.304 e. The molecule has 19 heavy (non-hydrogen) atoms. The minimum absolute atomic E-state index is 0.0333. The Kier molecular flexibility index (Phi) is 4.47. The lowest BCUT2D eigenvalue weighted by Crippen LogP contribution is -2.51. The molecule has 0 aromatic heterocycles. The first-order valence-electron chi connectivity index (χ1n) is 6.88. The van der Waals surface area contributed by atoms with Crippen LogP contribution in [0.25, 0.3) is 0 Å². The largest absolute Gasteiger partial charge is 0.481 e. The van der Waals surface area contributed by atoms with Crippen LogP contribution >= 0.6 is 0 Å². The first-order chi connectivity index (χ1) is 8.93. The summed E-state index contributed by atoms with van der Waals surface area (Å²) in [6, 6.07) is 0.131. The van der Waals surface area contributed by atoms with Gasteiger partial charge in [-0.05, 0) is 31.6 Å². The Morgan fingerprint density at radius 2 is 2.00 bits per heavy atom. The molecule has 1 aliphatic carbocycles. The Morgan fingerprint density at radius 3 is 2.68 bits per heavy atom. The predicted octanol–water partition coefficient (Wildman–Crippen LogP) is 0.902. The lowest BCUT2D eigenvalue weighted by Gasteiger charge is -2.38. The molecule has 2 unspecified atom stereocenters. The second-order valence-corrected chi connectivity index (χ2v) is 7.47. The molecular formula is C12H22N2O4S. The molecule has 0 aromatic carbocycles. The van der Waals surface area contributed by atoms with E-state index in [0.29, 0.717) is 12.5 Å². The molecule has 110 valence electrons. The normalized spacial score (nSPS) is 28.5. The van der Waals surface area contributed by atoms with Crippen molar-refractivity contribution >= 4 is 16.2 Å². The summed E-state index contributed by atoms with van der Waals surface area (Å²) in [5, 5.41) is 8.65. The van der Waals surface area contributed by atoms with Gasteiger partial charge in [0, 0.05) is 26.2 Å². The topological polar surface area (TPSA) is 77.9 Å². The van der Waals surface area contributed by atoms with Crippen LogP contribution in [0.2, 0.25) is 0 Å². The van der Waals surface area contributed by atoms with Crippen molar-refractivity contribution in [3.8, 4) is 0 Å². The van der Waals surface area contributed by atoms with Gasteiger partial charge in [0.1, 0.15) is 0 Å². The van der Waals surface area contributed by atoms with Gasteiger partial charge in [0.05, 0.1) is 6.42 Å². The predicted molar refractivity (Wildman–Crippen MR) is 70.9 cm³/mol. The summed E-state index contributed by atoms with van der Waals surface area (Å²) in [7, 11) is -2.04. The lowest BCUT2D eigenvalue weighted by molar-refractivity contribution is -0.137. The van der Waals surface area contributed by atoms with Gasteiger partial charge in [-0.15, -0.1) is 0 Å². The number of carboxylic acid groups (broad SMARTS) is 1. The Balaban J connectivity index is 2.07. The molecule has 1 N–H and O–H groups in total. The lowest BCUT2D eigenvalue weighted by atomic mass is 9.94. The van der Waals surface area contributed by atoms with Crippen molar-refractivity contribution in [2.45, 2.75) is 44.6 Å². The summed E-state index contributed by atoms with van der Waals surface area (Å²) in [6.45, 7) is 0.604. The van der Waals surface area contributed by atoms with Crippen LogP contribution < -0.4 is 0 Å². The SMILES string of the molecule is CN(CCC(=O)O)S(=O)(=O)N1CCCC2CCCC21. The summed E-state index contributed by atoms with van der Waals surface area (Å²) < 4.78 is 27.8. The minimum Gasteiger partial charge on any atom is -0.481 e. The molecule has 0 spiro atoms. The quantitative estimate of drug-likeness (QED) is 0.816. The molecular weight excluding hydrogens is 268 g/mol. The van der Waals surface area contributed by atoms with Gasteiger partial charge in [-0.25, -0.2) is 0 Å². The summed E-state index contributed by atoms with van der Waals surface area (Å²) in [5.41, 5.74) is 0. The van der Waals surface area contributed by atoms with Crippen molar-refractivity contribution in [1.82, 2.24) is 8.61 Å². The van der Waals surface area contributed by atoms with Gasteiger partial charge in [0.2, 0.25) is 0 Å². The maximum absolute atomic E-state index is 12.5. The average Bonchev–Trinajstić information content (AvgIpc) is 2.83. The van der Waals surface area contributed by atoms with E-state index in [9.17, 15) is 13.2 Å². The molecule has 0 radical (unpaired) electrons. The van der Waals surface area contributed by atoms with E-state index in [1.807, 2.05) is 0 Å². The molecule has 2 aliphatic rings. The van der Waals surface area contributed by atoms with Crippen LogP contribution in [0.5, 0.6) is 0 Å². The highest BCUT2D eigenvalue weighted by atomic mass is 32.2. The van der Waals surface area contributed by atoms with Gasteiger partial charge in [-0.3, -0.25) is 4.79 Å². The Labute approximate surface area is 114 Å². The van der Waals surface area contributed by atoms with Gasteiger partial charge in [0.15, 0.2) is 0 Å². The van der Waals surface area contributed by atoms with Crippen molar-refractivity contribution in [2.24, 2.45) is 5.92 Å². The molecule has 0 amide bonds. The summed E-state index contributed by atoms with van der Waals surface area (Å²) >= 11 is 0. The Morgan fingerprint density at radius 1 is 1.32 bits per heavy atom. The molecule has 0 aromatic rings. The van der Waals surface area contributed by atoms with E-state index in [4.69, 9.17) is 5.11 Å². The monoisotopic (exact) mass is 290 g/mol. The molecule has 6 nitrogen and oxygen atoms in total. The number of hydrogen-bond donors (Lipinski definition) is 1. The van der Waals surface area contributed by atoms with E-state index in [2.05, 4.69) is 0 Å².